The molecule has 2 saturated heterocycles. The Balaban J connectivity index is 1.27. The number of carboxylic acids is 1. The lowest BCUT2D eigenvalue weighted by atomic mass is 9.86. The topological polar surface area (TPSA) is 125 Å². The zero-order valence-electron chi connectivity index (χ0n) is 19.8. The van der Waals surface area contributed by atoms with Crippen LogP contribution in [-0.2, 0) is 14.3 Å². The SMILES string of the molecule is N#Cc1c(O[C@@H]2CO[C@H]3[C@@H]2OC[C@H]3O)[nH]c2cc(Cl)c(-c3ccc(C4=CCC(C(=O)O)CC4)cc3)cc12. The maximum absolute atomic E-state index is 11.2. The van der Waals surface area contributed by atoms with Crippen molar-refractivity contribution in [2.45, 2.75) is 43.7 Å². The number of aromatic nitrogens is 1. The number of nitriles is 1. The number of allylic oxidation sites excluding steroid dienone is 2. The number of hydrogen-bond donors (Lipinski definition) is 3. The fourth-order valence-corrected chi connectivity index (χ4v) is 5.76. The standard InChI is InChI=1S/C28H25ClN2O6/c29-21-10-22-19(20(11-30)27(31-22)37-24-13-36-25-23(32)12-35-26(24)25)9-18(21)16-5-1-14(2-6-16)15-3-7-17(8-4-15)28(33)34/h1-3,5-6,9-10,17,23-26,31-32H,4,7-8,12-13H2,(H,33,34)/t17?,23-,24-,25-,26-/m1/s1. The second kappa shape index (κ2) is 9.51. The summed E-state index contributed by atoms with van der Waals surface area (Å²) in [6.45, 7) is 0.462. The number of hydrogen-bond acceptors (Lipinski definition) is 6. The van der Waals surface area contributed by atoms with Gasteiger partial charge in [-0.25, -0.2) is 0 Å². The molecular formula is C28H25ClN2O6. The van der Waals surface area contributed by atoms with Crippen molar-refractivity contribution in [1.29, 1.82) is 5.26 Å². The van der Waals surface area contributed by atoms with Gasteiger partial charge in [0, 0.05) is 10.9 Å². The summed E-state index contributed by atoms with van der Waals surface area (Å²) in [6, 6.07) is 13.9. The molecule has 0 spiro atoms. The Morgan fingerprint density at radius 3 is 2.59 bits per heavy atom. The average Bonchev–Trinajstić information content (AvgIpc) is 3.58. The Hall–Kier alpha value is -3.35. The molecule has 8 nitrogen and oxygen atoms in total. The minimum atomic E-state index is -0.739. The van der Waals surface area contributed by atoms with Gasteiger partial charge < -0.3 is 29.4 Å². The Labute approximate surface area is 218 Å². The van der Waals surface area contributed by atoms with Gasteiger partial charge in [0.05, 0.1) is 29.7 Å². The van der Waals surface area contributed by atoms with E-state index in [9.17, 15) is 20.3 Å². The number of H-pyrrole nitrogens is 1. The summed E-state index contributed by atoms with van der Waals surface area (Å²) in [5, 5.41) is 30.4. The van der Waals surface area contributed by atoms with Crippen LogP contribution in [0.25, 0.3) is 27.6 Å². The van der Waals surface area contributed by atoms with Gasteiger partial charge in [0.2, 0.25) is 5.88 Å². The molecule has 0 bridgehead atoms. The van der Waals surface area contributed by atoms with Crippen LogP contribution in [0, 0.1) is 17.2 Å². The van der Waals surface area contributed by atoms with Crippen LogP contribution in [0.15, 0.2) is 42.5 Å². The first kappa shape index (κ1) is 24.0. The lowest BCUT2D eigenvalue weighted by Crippen LogP contribution is -2.34. The normalized spacial score (nSPS) is 27.1. The highest BCUT2D eigenvalue weighted by Crippen LogP contribution is 2.39. The third-order valence-electron chi connectivity index (χ3n) is 7.54. The lowest BCUT2D eigenvalue weighted by molar-refractivity contribution is -0.141. The molecule has 190 valence electrons. The number of nitrogens with zero attached hydrogens (tertiary/aromatic N) is 1. The van der Waals surface area contributed by atoms with Crippen LogP contribution in [0.5, 0.6) is 5.88 Å². The van der Waals surface area contributed by atoms with Crippen LogP contribution >= 0.6 is 11.6 Å². The van der Waals surface area contributed by atoms with Gasteiger partial charge >= 0.3 is 5.97 Å². The van der Waals surface area contributed by atoms with E-state index in [4.69, 9.17) is 25.8 Å². The molecule has 1 unspecified atom stereocenters. The Morgan fingerprint density at radius 1 is 1.14 bits per heavy atom. The van der Waals surface area contributed by atoms with Crippen molar-refractivity contribution in [1.82, 2.24) is 4.98 Å². The number of fused-ring (bicyclic) bond motifs is 2. The third kappa shape index (κ3) is 4.28. The van der Waals surface area contributed by atoms with Crippen molar-refractivity contribution < 1.29 is 29.2 Å². The predicted octanol–water partition coefficient (Wildman–Crippen LogP) is 4.53. The van der Waals surface area contributed by atoms with E-state index in [1.54, 1.807) is 6.07 Å². The smallest absolute Gasteiger partial charge is 0.306 e. The Kier molecular flexibility index (Phi) is 6.17. The second-order valence-corrected chi connectivity index (χ2v) is 10.2. The number of carboxylic acid groups (broad SMARTS) is 1. The maximum atomic E-state index is 11.2. The molecule has 2 aliphatic heterocycles. The lowest BCUT2D eigenvalue weighted by Gasteiger charge is -2.19. The zero-order valence-corrected chi connectivity index (χ0v) is 20.6. The minimum Gasteiger partial charge on any atom is -0.481 e. The van der Waals surface area contributed by atoms with Crippen LogP contribution in [0.2, 0.25) is 5.02 Å². The monoisotopic (exact) mass is 520 g/mol. The van der Waals surface area contributed by atoms with Gasteiger partial charge in [-0.1, -0.05) is 41.9 Å². The van der Waals surface area contributed by atoms with Gasteiger partial charge in [-0.05, 0) is 48.1 Å². The highest BCUT2D eigenvalue weighted by molar-refractivity contribution is 6.34. The van der Waals surface area contributed by atoms with Crippen molar-refractivity contribution in [3.05, 3.63) is 58.6 Å². The molecule has 1 aromatic heterocycles. The molecule has 3 heterocycles. The van der Waals surface area contributed by atoms with E-state index in [2.05, 4.69) is 11.1 Å². The van der Waals surface area contributed by atoms with Crippen LogP contribution in [0.4, 0.5) is 0 Å². The first-order valence-corrected chi connectivity index (χ1v) is 12.7. The second-order valence-electron chi connectivity index (χ2n) is 9.75. The van der Waals surface area contributed by atoms with E-state index >= 15 is 0 Å². The number of aliphatic carboxylic acids is 1. The van der Waals surface area contributed by atoms with E-state index in [0.717, 1.165) is 28.7 Å². The van der Waals surface area contributed by atoms with Crippen LogP contribution in [0.3, 0.4) is 0 Å². The number of rotatable bonds is 5. The Morgan fingerprint density at radius 2 is 1.89 bits per heavy atom. The van der Waals surface area contributed by atoms with Gasteiger partial charge in [0.1, 0.15) is 29.9 Å². The molecule has 2 aromatic carbocycles. The quantitative estimate of drug-likeness (QED) is 0.451. The maximum Gasteiger partial charge on any atom is 0.306 e. The van der Waals surface area contributed by atoms with Crippen molar-refractivity contribution in [3.8, 4) is 23.1 Å². The number of ether oxygens (including phenoxy) is 3. The van der Waals surface area contributed by atoms with E-state index in [0.29, 0.717) is 40.2 Å². The third-order valence-corrected chi connectivity index (χ3v) is 7.85. The summed E-state index contributed by atoms with van der Waals surface area (Å²) in [5.74, 6) is -0.723. The summed E-state index contributed by atoms with van der Waals surface area (Å²) in [7, 11) is 0. The molecule has 0 saturated carbocycles. The molecule has 6 rings (SSSR count). The molecule has 3 aliphatic rings. The molecule has 3 N–H and O–H groups in total. The first-order chi connectivity index (χ1) is 17.9. The van der Waals surface area contributed by atoms with Gasteiger partial charge in [-0.15, -0.1) is 0 Å². The summed E-state index contributed by atoms with van der Waals surface area (Å²) in [4.78, 5) is 14.4. The van der Waals surface area contributed by atoms with Crippen LogP contribution in [-0.4, -0.2) is 58.8 Å². The number of nitrogens with one attached hydrogen (secondary N) is 1. The van der Waals surface area contributed by atoms with E-state index in [-0.39, 0.29) is 25.2 Å². The summed E-state index contributed by atoms with van der Waals surface area (Å²) >= 11 is 6.66. The van der Waals surface area contributed by atoms with Crippen molar-refractivity contribution in [2.75, 3.05) is 13.2 Å². The van der Waals surface area contributed by atoms with Gasteiger partial charge in [0.25, 0.3) is 0 Å². The van der Waals surface area contributed by atoms with Crippen LogP contribution < -0.4 is 4.74 Å². The van der Waals surface area contributed by atoms with Gasteiger partial charge in [-0.2, -0.15) is 5.26 Å². The fourth-order valence-electron chi connectivity index (χ4n) is 5.49. The zero-order chi connectivity index (χ0) is 25.7. The fraction of sp³-hybridized carbons (Fsp3) is 0.357. The van der Waals surface area contributed by atoms with Crippen molar-refractivity contribution in [2.24, 2.45) is 5.92 Å². The van der Waals surface area contributed by atoms with Crippen molar-refractivity contribution in [3.63, 3.8) is 0 Å². The molecule has 0 amide bonds. The highest BCUT2D eigenvalue weighted by atomic mass is 35.5. The van der Waals surface area contributed by atoms with E-state index in [1.807, 2.05) is 36.4 Å². The largest absolute Gasteiger partial charge is 0.481 e. The number of carbonyl (C=O) groups is 1. The molecule has 1 aliphatic carbocycles. The van der Waals surface area contributed by atoms with Crippen LogP contribution in [0.1, 0.15) is 30.4 Å². The molecule has 37 heavy (non-hydrogen) atoms. The number of aliphatic hydroxyl groups excluding tert-OH is 1. The van der Waals surface area contributed by atoms with Crippen molar-refractivity contribution >= 4 is 34.0 Å². The summed E-state index contributed by atoms with van der Waals surface area (Å²) in [6.07, 6.45) is 2.01. The van der Waals surface area contributed by atoms with Gasteiger partial charge in [-0.3, -0.25) is 4.79 Å². The highest BCUT2D eigenvalue weighted by Gasteiger charge is 2.48. The molecule has 3 aromatic rings. The molecule has 5 atom stereocenters. The number of aliphatic hydroxyl groups is 1. The first-order valence-electron chi connectivity index (χ1n) is 12.3. The van der Waals surface area contributed by atoms with E-state index < -0.39 is 24.3 Å². The number of halogens is 1. The number of benzene rings is 2. The summed E-state index contributed by atoms with van der Waals surface area (Å²) in [5.41, 5.74) is 4.96. The molecule has 2 fully saturated rings. The molecule has 9 heteroatoms. The summed E-state index contributed by atoms with van der Waals surface area (Å²) < 4.78 is 17.4. The Bertz CT molecular complexity index is 1440. The molecule has 0 radical (unpaired) electrons. The minimum absolute atomic E-state index is 0.199. The van der Waals surface area contributed by atoms with Gasteiger partial charge in [0.15, 0.2) is 6.10 Å². The average molecular weight is 521 g/mol. The number of aromatic amines is 1. The predicted molar refractivity (Wildman–Crippen MR) is 136 cm³/mol. The van der Waals surface area contributed by atoms with E-state index in [1.165, 1.54) is 0 Å². The molecular weight excluding hydrogens is 496 g/mol.